The third-order valence-corrected chi connectivity index (χ3v) is 4.62. The Bertz CT molecular complexity index is 1230. The molecule has 0 saturated heterocycles. The molecule has 4 aromatic rings. The number of fused-ring (bicyclic) bond motifs is 1. The van der Waals surface area contributed by atoms with Crippen LogP contribution < -0.4 is 4.72 Å². The van der Waals surface area contributed by atoms with Gasteiger partial charge in [0.15, 0.2) is 5.65 Å². The van der Waals surface area contributed by atoms with Gasteiger partial charge in [-0.2, -0.15) is 5.10 Å². The Balaban J connectivity index is 1.74. The van der Waals surface area contributed by atoms with Crippen LogP contribution in [0.1, 0.15) is 0 Å². The molecular formula is C19H15FN4O2S. The number of anilines is 1. The maximum Gasteiger partial charge on any atom is 0.229 e. The van der Waals surface area contributed by atoms with E-state index in [1.165, 1.54) is 12.1 Å². The van der Waals surface area contributed by atoms with Crippen LogP contribution in [-0.4, -0.2) is 29.3 Å². The number of sulfonamides is 1. The first kappa shape index (κ1) is 17.2. The summed E-state index contributed by atoms with van der Waals surface area (Å²) in [6.07, 6.45) is 6.30. The molecule has 136 valence electrons. The van der Waals surface area contributed by atoms with Crippen LogP contribution >= 0.6 is 0 Å². The molecule has 2 heterocycles. The summed E-state index contributed by atoms with van der Waals surface area (Å²) in [5, 5.41) is 4.34. The van der Waals surface area contributed by atoms with E-state index in [1.54, 1.807) is 47.2 Å². The number of hydrogen-bond donors (Lipinski definition) is 1. The molecule has 4 rings (SSSR count). The van der Waals surface area contributed by atoms with Gasteiger partial charge in [-0.25, -0.2) is 22.3 Å². The average molecular weight is 382 g/mol. The smallest absolute Gasteiger partial charge is 0.229 e. The van der Waals surface area contributed by atoms with Crippen LogP contribution in [0.2, 0.25) is 0 Å². The second-order valence-corrected chi connectivity index (χ2v) is 7.88. The third-order valence-electron chi connectivity index (χ3n) is 4.01. The highest BCUT2D eigenvalue weighted by Crippen LogP contribution is 2.27. The maximum absolute atomic E-state index is 13.1. The van der Waals surface area contributed by atoms with Gasteiger partial charge in [0.1, 0.15) is 5.82 Å². The first-order valence-corrected chi connectivity index (χ1v) is 9.96. The Morgan fingerprint density at radius 2 is 1.78 bits per heavy atom. The SMILES string of the molecule is CS(=O)(=O)Nc1cccc(-c2cnn3cc(-c4ccc(F)cc4)cnc23)c1. The Labute approximate surface area is 155 Å². The highest BCUT2D eigenvalue weighted by Gasteiger charge is 2.11. The van der Waals surface area contributed by atoms with Gasteiger partial charge in [0.2, 0.25) is 10.0 Å². The first-order valence-electron chi connectivity index (χ1n) is 8.07. The highest BCUT2D eigenvalue weighted by molar-refractivity contribution is 7.92. The summed E-state index contributed by atoms with van der Waals surface area (Å²) in [6.45, 7) is 0. The van der Waals surface area contributed by atoms with E-state index in [-0.39, 0.29) is 5.82 Å². The second-order valence-electron chi connectivity index (χ2n) is 6.13. The summed E-state index contributed by atoms with van der Waals surface area (Å²) in [7, 11) is -3.36. The van der Waals surface area contributed by atoms with Crippen LogP contribution in [0, 0.1) is 5.82 Å². The summed E-state index contributed by atoms with van der Waals surface area (Å²) in [5.41, 5.74) is 4.32. The number of nitrogens with zero attached hydrogens (tertiary/aromatic N) is 3. The summed E-state index contributed by atoms with van der Waals surface area (Å²) >= 11 is 0. The van der Waals surface area contributed by atoms with E-state index in [4.69, 9.17) is 0 Å². The largest absolute Gasteiger partial charge is 0.284 e. The van der Waals surface area contributed by atoms with Crippen molar-refractivity contribution >= 4 is 21.4 Å². The zero-order chi connectivity index (χ0) is 19.0. The molecule has 8 heteroatoms. The number of halogens is 1. The number of nitrogens with one attached hydrogen (secondary N) is 1. The molecule has 0 bridgehead atoms. The van der Waals surface area contributed by atoms with Crippen LogP contribution in [-0.2, 0) is 10.0 Å². The maximum atomic E-state index is 13.1. The lowest BCUT2D eigenvalue weighted by molar-refractivity contribution is 0.607. The van der Waals surface area contributed by atoms with Crippen LogP contribution in [0.4, 0.5) is 10.1 Å². The van der Waals surface area contributed by atoms with Gasteiger partial charge >= 0.3 is 0 Å². The zero-order valence-electron chi connectivity index (χ0n) is 14.3. The van der Waals surface area contributed by atoms with Gasteiger partial charge in [-0.1, -0.05) is 24.3 Å². The second kappa shape index (κ2) is 6.48. The Hall–Kier alpha value is -3.26. The van der Waals surface area contributed by atoms with E-state index in [0.717, 1.165) is 28.5 Å². The Kier molecular flexibility index (Phi) is 4.12. The fraction of sp³-hybridized carbons (Fsp3) is 0.0526. The van der Waals surface area contributed by atoms with Crippen LogP contribution in [0.25, 0.3) is 27.9 Å². The molecule has 0 aliphatic carbocycles. The predicted molar refractivity (Wildman–Crippen MR) is 102 cm³/mol. The van der Waals surface area contributed by atoms with Crippen molar-refractivity contribution in [1.82, 2.24) is 14.6 Å². The molecule has 2 aromatic heterocycles. The van der Waals surface area contributed by atoms with Crippen LogP contribution in [0.15, 0.2) is 67.1 Å². The molecule has 2 aromatic carbocycles. The molecule has 0 radical (unpaired) electrons. The molecule has 0 amide bonds. The number of hydrogen-bond acceptors (Lipinski definition) is 4. The van der Waals surface area contributed by atoms with E-state index in [0.29, 0.717) is 11.3 Å². The molecule has 0 unspecified atom stereocenters. The van der Waals surface area contributed by atoms with Crippen molar-refractivity contribution in [2.45, 2.75) is 0 Å². The normalized spacial score (nSPS) is 11.6. The van der Waals surface area contributed by atoms with Gasteiger partial charge in [0.05, 0.1) is 12.5 Å². The van der Waals surface area contributed by atoms with Gasteiger partial charge in [-0.05, 0) is 35.4 Å². The summed E-state index contributed by atoms with van der Waals surface area (Å²) < 4.78 is 40.1. The standard InChI is InChI=1S/C19H15FN4O2S/c1-27(25,26)23-17-4-2-3-14(9-17)18-11-22-24-12-15(10-21-19(18)24)13-5-7-16(20)8-6-13/h2-12,23H,1H3. The van der Waals surface area contributed by atoms with Crippen molar-refractivity contribution in [3.8, 4) is 22.3 Å². The van der Waals surface area contributed by atoms with E-state index in [9.17, 15) is 12.8 Å². The zero-order valence-corrected chi connectivity index (χ0v) is 15.1. The quantitative estimate of drug-likeness (QED) is 0.585. The lowest BCUT2D eigenvalue weighted by atomic mass is 10.1. The minimum atomic E-state index is -3.36. The van der Waals surface area contributed by atoms with Gasteiger partial charge in [-0.15, -0.1) is 0 Å². The number of benzene rings is 2. The Morgan fingerprint density at radius 1 is 1.00 bits per heavy atom. The van der Waals surface area contributed by atoms with E-state index in [2.05, 4.69) is 14.8 Å². The van der Waals surface area contributed by atoms with Crippen molar-refractivity contribution in [2.75, 3.05) is 11.0 Å². The minimum absolute atomic E-state index is 0.295. The summed E-state index contributed by atoms with van der Waals surface area (Å²) in [4.78, 5) is 4.49. The molecule has 0 aliphatic rings. The lowest BCUT2D eigenvalue weighted by Crippen LogP contribution is -2.09. The predicted octanol–water partition coefficient (Wildman–Crippen LogP) is 3.57. The number of aromatic nitrogens is 3. The van der Waals surface area contributed by atoms with Crippen molar-refractivity contribution in [3.63, 3.8) is 0 Å². The number of rotatable bonds is 4. The molecule has 0 atom stereocenters. The summed E-state index contributed by atoms with van der Waals surface area (Å²) in [6, 6.07) is 13.2. The highest BCUT2D eigenvalue weighted by atomic mass is 32.2. The van der Waals surface area contributed by atoms with Crippen LogP contribution in [0.3, 0.4) is 0 Å². The molecule has 0 spiro atoms. The van der Waals surface area contributed by atoms with Crippen molar-refractivity contribution in [2.24, 2.45) is 0 Å². The molecule has 0 aliphatic heterocycles. The minimum Gasteiger partial charge on any atom is -0.284 e. The van der Waals surface area contributed by atoms with Crippen LogP contribution in [0.5, 0.6) is 0 Å². The Morgan fingerprint density at radius 3 is 2.52 bits per heavy atom. The molecule has 0 saturated carbocycles. The van der Waals surface area contributed by atoms with Gasteiger partial charge in [0, 0.05) is 29.2 Å². The first-order chi connectivity index (χ1) is 12.9. The monoisotopic (exact) mass is 382 g/mol. The van der Waals surface area contributed by atoms with E-state index in [1.807, 2.05) is 12.3 Å². The average Bonchev–Trinajstić information content (AvgIpc) is 3.04. The fourth-order valence-electron chi connectivity index (χ4n) is 2.83. The van der Waals surface area contributed by atoms with Gasteiger partial charge in [-0.3, -0.25) is 4.72 Å². The lowest BCUT2D eigenvalue weighted by Gasteiger charge is -2.06. The molecule has 27 heavy (non-hydrogen) atoms. The van der Waals surface area contributed by atoms with Crippen molar-refractivity contribution in [1.29, 1.82) is 0 Å². The van der Waals surface area contributed by atoms with E-state index < -0.39 is 10.0 Å². The van der Waals surface area contributed by atoms with Crippen molar-refractivity contribution in [3.05, 3.63) is 72.9 Å². The van der Waals surface area contributed by atoms with Crippen molar-refractivity contribution < 1.29 is 12.8 Å². The molecule has 1 N–H and O–H groups in total. The molecule has 6 nitrogen and oxygen atoms in total. The van der Waals surface area contributed by atoms with Gasteiger partial charge < -0.3 is 0 Å². The topological polar surface area (TPSA) is 76.4 Å². The van der Waals surface area contributed by atoms with Gasteiger partial charge in [0.25, 0.3) is 0 Å². The molecule has 0 fully saturated rings. The molecular weight excluding hydrogens is 367 g/mol. The summed E-state index contributed by atoms with van der Waals surface area (Å²) in [5.74, 6) is -0.295. The van der Waals surface area contributed by atoms with E-state index >= 15 is 0 Å². The third kappa shape index (κ3) is 3.65. The fourth-order valence-corrected chi connectivity index (χ4v) is 3.39.